The van der Waals surface area contributed by atoms with E-state index in [1.54, 1.807) is 6.08 Å². The fourth-order valence-electron chi connectivity index (χ4n) is 2.42. The molecule has 2 rings (SSSR count). The first-order chi connectivity index (χ1) is 10.7. The lowest BCUT2D eigenvalue weighted by Gasteiger charge is -2.09. The SMILES string of the molecule is C=C/C(=C\C=C/C)CNC(=O)c1cc2c([nH]1)CCCC2.CC. The molecule has 3 heteroatoms. The Balaban J connectivity index is 0.00000116. The van der Waals surface area contributed by atoms with Gasteiger partial charge in [-0.3, -0.25) is 4.79 Å². The first-order valence-electron chi connectivity index (χ1n) is 8.18. The maximum Gasteiger partial charge on any atom is 0.267 e. The molecule has 1 aromatic heterocycles. The van der Waals surface area contributed by atoms with E-state index in [-0.39, 0.29) is 5.91 Å². The van der Waals surface area contributed by atoms with E-state index in [1.807, 2.05) is 45.1 Å². The number of aromatic nitrogens is 1. The van der Waals surface area contributed by atoms with Crippen molar-refractivity contribution < 1.29 is 4.79 Å². The summed E-state index contributed by atoms with van der Waals surface area (Å²) in [5, 5.41) is 2.92. The van der Waals surface area contributed by atoms with E-state index in [2.05, 4.69) is 16.9 Å². The predicted octanol–water partition coefficient (Wildman–Crippen LogP) is 4.34. The van der Waals surface area contributed by atoms with Crippen LogP contribution in [-0.4, -0.2) is 17.4 Å². The zero-order valence-corrected chi connectivity index (χ0v) is 14.0. The Morgan fingerprint density at radius 1 is 1.36 bits per heavy atom. The summed E-state index contributed by atoms with van der Waals surface area (Å²) in [4.78, 5) is 15.4. The predicted molar refractivity (Wildman–Crippen MR) is 94.2 cm³/mol. The number of carbonyl (C=O) groups is 1. The highest BCUT2D eigenvalue weighted by Crippen LogP contribution is 2.21. The minimum Gasteiger partial charge on any atom is -0.354 e. The van der Waals surface area contributed by atoms with E-state index in [4.69, 9.17) is 0 Å². The first kappa shape index (κ1) is 18.0. The van der Waals surface area contributed by atoms with Crippen molar-refractivity contribution in [2.24, 2.45) is 0 Å². The van der Waals surface area contributed by atoms with Crippen LogP contribution in [0.1, 0.15) is 55.4 Å². The molecule has 0 bridgehead atoms. The van der Waals surface area contributed by atoms with Gasteiger partial charge in [-0.25, -0.2) is 0 Å². The van der Waals surface area contributed by atoms with Crippen LogP contribution in [0.4, 0.5) is 0 Å². The van der Waals surface area contributed by atoms with Crippen LogP contribution in [0.2, 0.25) is 0 Å². The molecule has 0 unspecified atom stereocenters. The smallest absolute Gasteiger partial charge is 0.267 e. The summed E-state index contributed by atoms with van der Waals surface area (Å²) in [6.07, 6.45) is 12.2. The standard InChI is InChI=1S/C17H22N2O.C2H6/c1-3-5-8-13(4-2)12-18-17(20)16-11-14-9-6-7-10-15(14)19-16;1-2/h3-5,8,11,19H,2,6-7,9-10,12H2,1H3,(H,18,20);1-2H3/b5-3-,13-8+;. The molecule has 3 nitrogen and oxygen atoms in total. The lowest BCUT2D eigenvalue weighted by molar-refractivity contribution is 0.0953. The van der Waals surface area contributed by atoms with Gasteiger partial charge in [-0.15, -0.1) is 0 Å². The lowest BCUT2D eigenvalue weighted by Crippen LogP contribution is -2.25. The Morgan fingerprint density at radius 2 is 2.09 bits per heavy atom. The maximum atomic E-state index is 12.1. The van der Waals surface area contributed by atoms with Gasteiger partial charge in [0, 0.05) is 12.2 Å². The van der Waals surface area contributed by atoms with Crippen molar-refractivity contribution in [2.45, 2.75) is 46.5 Å². The monoisotopic (exact) mass is 300 g/mol. The van der Waals surface area contributed by atoms with Crippen molar-refractivity contribution in [3.63, 3.8) is 0 Å². The van der Waals surface area contributed by atoms with E-state index < -0.39 is 0 Å². The molecule has 0 fully saturated rings. The molecule has 0 saturated carbocycles. The molecule has 2 N–H and O–H groups in total. The van der Waals surface area contributed by atoms with Crippen LogP contribution >= 0.6 is 0 Å². The number of aryl methyl sites for hydroxylation is 2. The van der Waals surface area contributed by atoms with Crippen LogP contribution in [0.5, 0.6) is 0 Å². The van der Waals surface area contributed by atoms with E-state index in [1.165, 1.54) is 24.1 Å². The number of aromatic amines is 1. The van der Waals surface area contributed by atoms with Gasteiger partial charge in [-0.2, -0.15) is 0 Å². The summed E-state index contributed by atoms with van der Waals surface area (Å²) >= 11 is 0. The Morgan fingerprint density at radius 3 is 2.73 bits per heavy atom. The van der Waals surface area contributed by atoms with Crippen molar-refractivity contribution >= 4 is 5.91 Å². The Kier molecular flexibility index (Phi) is 8.05. The van der Waals surface area contributed by atoms with Gasteiger partial charge < -0.3 is 10.3 Å². The average Bonchev–Trinajstić information content (AvgIpc) is 3.01. The molecule has 1 aliphatic rings. The third-order valence-electron chi connectivity index (χ3n) is 3.58. The number of H-pyrrole nitrogens is 1. The second-order valence-corrected chi connectivity index (χ2v) is 5.05. The van der Waals surface area contributed by atoms with E-state index in [0.717, 1.165) is 18.4 Å². The van der Waals surface area contributed by atoms with Gasteiger partial charge in [-0.1, -0.05) is 44.7 Å². The molecule has 0 spiro atoms. The zero-order chi connectivity index (χ0) is 16.4. The van der Waals surface area contributed by atoms with Crippen molar-refractivity contribution in [1.82, 2.24) is 10.3 Å². The van der Waals surface area contributed by atoms with Crippen LogP contribution in [0.3, 0.4) is 0 Å². The van der Waals surface area contributed by atoms with Gasteiger partial charge in [0.05, 0.1) is 0 Å². The fraction of sp³-hybridized carbons (Fsp3) is 0.421. The number of amides is 1. The molecule has 0 saturated heterocycles. The van der Waals surface area contributed by atoms with Crippen molar-refractivity contribution in [3.8, 4) is 0 Å². The fourth-order valence-corrected chi connectivity index (χ4v) is 2.42. The molecule has 0 aliphatic heterocycles. The number of rotatable bonds is 5. The Bertz CT molecular complexity index is 526. The molecule has 1 aliphatic carbocycles. The van der Waals surface area contributed by atoms with E-state index in [9.17, 15) is 4.79 Å². The van der Waals surface area contributed by atoms with Crippen molar-refractivity contribution in [1.29, 1.82) is 0 Å². The highest BCUT2D eigenvalue weighted by Gasteiger charge is 2.16. The van der Waals surface area contributed by atoms with Crippen molar-refractivity contribution in [3.05, 3.63) is 59.5 Å². The molecule has 1 amide bonds. The van der Waals surface area contributed by atoms with Crippen molar-refractivity contribution in [2.75, 3.05) is 6.54 Å². The normalized spacial score (nSPS) is 14.0. The number of carbonyl (C=O) groups excluding carboxylic acids is 1. The minimum atomic E-state index is -0.0485. The Labute approximate surface area is 134 Å². The van der Waals surface area contributed by atoms with E-state index >= 15 is 0 Å². The summed E-state index contributed by atoms with van der Waals surface area (Å²) in [5.41, 5.74) is 4.20. The summed E-state index contributed by atoms with van der Waals surface area (Å²) in [5.74, 6) is -0.0485. The molecule has 0 radical (unpaired) electrons. The maximum absolute atomic E-state index is 12.1. The van der Waals surface area contributed by atoms with Crippen LogP contribution < -0.4 is 5.32 Å². The summed E-state index contributed by atoms with van der Waals surface area (Å²) < 4.78 is 0. The highest BCUT2D eigenvalue weighted by molar-refractivity contribution is 5.93. The number of nitrogens with one attached hydrogen (secondary N) is 2. The van der Waals surface area contributed by atoms with Gasteiger partial charge in [0.1, 0.15) is 5.69 Å². The largest absolute Gasteiger partial charge is 0.354 e. The van der Waals surface area contributed by atoms with Crippen LogP contribution in [-0.2, 0) is 12.8 Å². The van der Waals surface area contributed by atoms with Gasteiger partial charge in [0.15, 0.2) is 0 Å². The molecule has 120 valence electrons. The first-order valence-corrected chi connectivity index (χ1v) is 8.18. The van der Waals surface area contributed by atoms with Gasteiger partial charge >= 0.3 is 0 Å². The zero-order valence-electron chi connectivity index (χ0n) is 14.0. The van der Waals surface area contributed by atoms with Crippen LogP contribution in [0.15, 0.2) is 42.5 Å². The average molecular weight is 300 g/mol. The number of hydrogen-bond acceptors (Lipinski definition) is 1. The summed E-state index contributed by atoms with van der Waals surface area (Å²) in [6, 6.07) is 1.99. The van der Waals surface area contributed by atoms with Gasteiger partial charge in [0.25, 0.3) is 5.91 Å². The molecular formula is C19H28N2O. The second-order valence-electron chi connectivity index (χ2n) is 5.05. The van der Waals surface area contributed by atoms with Crippen LogP contribution in [0.25, 0.3) is 0 Å². The molecule has 22 heavy (non-hydrogen) atoms. The summed E-state index contributed by atoms with van der Waals surface area (Å²) in [7, 11) is 0. The molecule has 0 atom stereocenters. The molecule has 1 aromatic rings. The molecule has 1 heterocycles. The van der Waals surface area contributed by atoms with Crippen LogP contribution in [0, 0.1) is 0 Å². The van der Waals surface area contributed by atoms with E-state index in [0.29, 0.717) is 12.2 Å². The number of allylic oxidation sites excluding steroid dienone is 3. The number of fused-ring (bicyclic) bond motifs is 1. The third kappa shape index (κ3) is 5.06. The third-order valence-corrected chi connectivity index (χ3v) is 3.58. The molecule has 0 aromatic carbocycles. The summed E-state index contributed by atoms with van der Waals surface area (Å²) in [6.45, 7) is 10.2. The second kappa shape index (κ2) is 9.82. The minimum absolute atomic E-state index is 0.0485. The lowest BCUT2D eigenvalue weighted by atomic mass is 9.98. The van der Waals surface area contributed by atoms with Gasteiger partial charge in [-0.05, 0) is 49.8 Å². The quantitative estimate of drug-likeness (QED) is 0.781. The molecular weight excluding hydrogens is 272 g/mol. The van der Waals surface area contributed by atoms with Gasteiger partial charge in [0.2, 0.25) is 0 Å². The highest BCUT2D eigenvalue weighted by atomic mass is 16.1. The topological polar surface area (TPSA) is 44.9 Å². The number of hydrogen-bond donors (Lipinski definition) is 2. The Hall–Kier alpha value is -2.03.